The summed E-state index contributed by atoms with van der Waals surface area (Å²) in [5, 5.41) is 1.01. The zero-order valence-corrected chi connectivity index (χ0v) is 12.1. The lowest BCUT2D eigenvalue weighted by molar-refractivity contribution is -0.142. The maximum atomic E-state index is 13.5. The number of hydrogen-bond acceptors (Lipinski definition) is 4. The minimum Gasteiger partial charge on any atom is -0.461 e. The number of halogens is 1. The van der Waals surface area contributed by atoms with Gasteiger partial charge in [0.25, 0.3) is 0 Å². The molecule has 0 spiro atoms. The first-order valence-corrected chi connectivity index (χ1v) is 6.46. The molecule has 0 bridgehead atoms. The van der Waals surface area contributed by atoms with Crippen LogP contribution in [0.5, 0.6) is 5.75 Å². The molecule has 0 aliphatic carbocycles. The zero-order valence-electron chi connectivity index (χ0n) is 12.1. The van der Waals surface area contributed by atoms with E-state index in [0.29, 0.717) is 16.3 Å². The highest BCUT2D eigenvalue weighted by Crippen LogP contribution is 2.33. The Morgan fingerprint density at radius 2 is 1.95 bits per heavy atom. The lowest BCUT2D eigenvalue weighted by Gasteiger charge is -2.14. The van der Waals surface area contributed by atoms with Crippen LogP contribution in [0.15, 0.2) is 24.3 Å². The first-order chi connectivity index (χ1) is 10.4. The van der Waals surface area contributed by atoms with Gasteiger partial charge in [0.1, 0.15) is 12.4 Å². The van der Waals surface area contributed by atoms with Crippen molar-refractivity contribution >= 4 is 22.7 Å². The summed E-state index contributed by atoms with van der Waals surface area (Å²) in [7, 11) is 0. The highest BCUT2D eigenvalue weighted by atomic mass is 19.1. The van der Waals surface area contributed by atoms with Crippen molar-refractivity contribution < 1.29 is 23.5 Å². The monoisotopic (exact) mass is 300 g/mol. The van der Waals surface area contributed by atoms with Crippen molar-refractivity contribution in [3.8, 4) is 18.1 Å². The molecule has 4 nitrogen and oxygen atoms in total. The van der Waals surface area contributed by atoms with Crippen molar-refractivity contribution in [2.24, 2.45) is 0 Å². The minimum atomic E-state index is -0.577. The third-order valence-corrected chi connectivity index (χ3v) is 2.96. The maximum absolute atomic E-state index is 13.5. The molecule has 22 heavy (non-hydrogen) atoms. The Kier molecular flexibility index (Phi) is 4.42. The predicted molar refractivity (Wildman–Crippen MR) is 78.6 cm³/mol. The van der Waals surface area contributed by atoms with Crippen LogP contribution in [0.3, 0.4) is 0 Å². The van der Waals surface area contributed by atoms with Gasteiger partial charge < -0.3 is 9.47 Å². The first kappa shape index (κ1) is 15.5. The van der Waals surface area contributed by atoms with Crippen LogP contribution < -0.4 is 4.74 Å². The molecule has 0 saturated heterocycles. The van der Waals surface area contributed by atoms with Crippen LogP contribution in [-0.2, 0) is 20.9 Å². The number of terminal acetylenes is 1. The molecule has 0 heterocycles. The normalized spacial score (nSPS) is 10.1. The van der Waals surface area contributed by atoms with E-state index in [4.69, 9.17) is 15.9 Å². The Balaban J connectivity index is 2.70. The van der Waals surface area contributed by atoms with Gasteiger partial charge in [-0.15, -0.1) is 6.42 Å². The van der Waals surface area contributed by atoms with E-state index in [1.165, 1.54) is 32.0 Å². The lowest BCUT2D eigenvalue weighted by Crippen LogP contribution is -2.07. The number of hydrogen-bond donors (Lipinski definition) is 0. The van der Waals surface area contributed by atoms with Gasteiger partial charge in [-0.3, -0.25) is 9.59 Å². The zero-order chi connectivity index (χ0) is 16.3. The number of benzene rings is 2. The Labute approximate surface area is 126 Å². The van der Waals surface area contributed by atoms with E-state index < -0.39 is 17.8 Å². The first-order valence-electron chi connectivity index (χ1n) is 6.46. The van der Waals surface area contributed by atoms with Crippen LogP contribution in [0.2, 0.25) is 0 Å². The summed E-state index contributed by atoms with van der Waals surface area (Å²) in [6, 6.07) is 5.74. The fraction of sp³-hybridized carbons (Fsp3) is 0.176. The average Bonchev–Trinajstić information content (AvgIpc) is 2.45. The van der Waals surface area contributed by atoms with Crippen LogP contribution >= 0.6 is 0 Å². The van der Waals surface area contributed by atoms with Crippen molar-refractivity contribution in [2.45, 2.75) is 20.5 Å². The molecule has 2 rings (SSSR count). The van der Waals surface area contributed by atoms with Crippen molar-refractivity contribution in [1.82, 2.24) is 0 Å². The summed E-state index contributed by atoms with van der Waals surface area (Å²) < 4.78 is 23.6. The highest BCUT2D eigenvalue weighted by Gasteiger charge is 2.16. The molecule has 5 heteroatoms. The maximum Gasteiger partial charge on any atom is 0.308 e. The summed E-state index contributed by atoms with van der Waals surface area (Å²) >= 11 is 0. The van der Waals surface area contributed by atoms with Crippen LogP contribution in [0.4, 0.5) is 4.39 Å². The Morgan fingerprint density at radius 1 is 1.23 bits per heavy atom. The third kappa shape index (κ3) is 3.23. The van der Waals surface area contributed by atoms with Gasteiger partial charge in [-0.2, -0.15) is 0 Å². The van der Waals surface area contributed by atoms with E-state index in [9.17, 15) is 14.0 Å². The van der Waals surface area contributed by atoms with Crippen LogP contribution in [0, 0.1) is 18.2 Å². The molecule has 0 N–H and O–H groups in total. The average molecular weight is 300 g/mol. The molecule has 0 atom stereocenters. The van der Waals surface area contributed by atoms with Gasteiger partial charge in [-0.1, -0.05) is 12.0 Å². The smallest absolute Gasteiger partial charge is 0.308 e. The lowest BCUT2D eigenvalue weighted by atomic mass is 9.99. The van der Waals surface area contributed by atoms with Crippen molar-refractivity contribution in [1.29, 1.82) is 0 Å². The summed E-state index contributed by atoms with van der Waals surface area (Å²) in [5.74, 6) is 0.991. The number of fused-ring (bicyclic) bond motifs is 1. The van der Waals surface area contributed by atoms with Crippen molar-refractivity contribution in [3.05, 3.63) is 41.2 Å². The van der Waals surface area contributed by atoms with Gasteiger partial charge in [0.2, 0.25) is 0 Å². The van der Waals surface area contributed by atoms with Gasteiger partial charge in [-0.25, -0.2) is 4.39 Å². The standard InChI is InChI=1S/C17H13FO4/c1-4-15-13(9-21-10(2)19)7-12-5-6-14(18)8-16(12)17(15)22-11(3)20/h1,5-8H,9H2,2-3H3. The fourth-order valence-electron chi connectivity index (χ4n) is 2.09. The fourth-order valence-corrected chi connectivity index (χ4v) is 2.09. The van der Waals surface area contributed by atoms with Gasteiger partial charge in [0.15, 0.2) is 5.75 Å². The molecule has 0 aromatic heterocycles. The Hall–Kier alpha value is -2.87. The topological polar surface area (TPSA) is 52.6 Å². The van der Waals surface area contributed by atoms with Crippen LogP contribution in [0.25, 0.3) is 10.8 Å². The van der Waals surface area contributed by atoms with Gasteiger partial charge in [0.05, 0.1) is 5.56 Å². The summed E-state index contributed by atoms with van der Waals surface area (Å²) in [5.41, 5.74) is 0.766. The molecular weight excluding hydrogens is 287 g/mol. The molecule has 0 aliphatic rings. The van der Waals surface area contributed by atoms with Gasteiger partial charge in [0, 0.05) is 24.8 Å². The second-order valence-electron chi connectivity index (χ2n) is 4.62. The van der Waals surface area contributed by atoms with Gasteiger partial charge in [-0.05, 0) is 23.6 Å². The van der Waals surface area contributed by atoms with E-state index in [0.717, 1.165) is 0 Å². The molecule has 2 aromatic rings. The molecule has 0 saturated carbocycles. The molecule has 0 fully saturated rings. The predicted octanol–water partition coefficient (Wildman–Crippen LogP) is 2.95. The molecule has 0 unspecified atom stereocenters. The molecule has 112 valence electrons. The second-order valence-corrected chi connectivity index (χ2v) is 4.62. The quantitative estimate of drug-likeness (QED) is 0.497. The van der Waals surface area contributed by atoms with E-state index in [1.54, 1.807) is 6.07 Å². The largest absolute Gasteiger partial charge is 0.461 e. The van der Waals surface area contributed by atoms with E-state index in [-0.39, 0.29) is 17.9 Å². The molecular formula is C17H13FO4. The van der Waals surface area contributed by atoms with E-state index >= 15 is 0 Å². The molecule has 0 amide bonds. The van der Waals surface area contributed by atoms with Crippen molar-refractivity contribution in [2.75, 3.05) is 0 Å². The second kappa shape index (κ2) is 6.27. The highest BCUT2D eigenvalue weighted by molar-refractivity contribution is 5.93. The SMILES string of the molecule is C#Cc1c(COC(C)=O)cc2ccc(F)cc2c1OC(C)=O. The summed E-state index contributed by atoms with van der Waals surface area (Å²) in [6.45, 7) is 2.44. The summed E-state index contributed by atoms with van der Waals surface area (Å²) in [4.78, 5) is 22.3. The van der Waals surface area contributed by atoms with Gasteiger partial charge >= 0.3 is 11.9 Å². The molecule has 0 aliphatic heterocycles. The number of ether oxygens (including phenoxy) is 2. The third-order valence-electron chi connectivity index (χ3n) is 2.96. The number of rotatable bonds is 3. The summed E-state index contributed by atoms with van der Waals surface area (Å²) in [6.07, 6.45) is 5.49. The van der Waals surface area contributed by atoms with Crippen molar-refractivity contribution in [3.63, 3.8) is 0 Å². The van der Waals surface area contributed by atoms with E-state index in [1.807, 2.05) is 0 Å². The Bertz CT molecular complexity index is 802. The minimum absolute atomic E-state index is 0.0591. The number of carbonyl (C=O) groups excluding carboxylic acids is 2. The molecule has 2 aromatic carbocycles. The van der Waals surface area contributed by atoms with Crippen LogP contribution in [-0.4, -0.2) is 11.9 Å². The van der Waals surface area contributed by atoms with Crippen LogP contribution in [0.1, 0.15) is 25.0 Å². The number of carbonyl (C=O) groups is 2. The Morgan fingerprint density at radius 3 is 2.55 bits per heavy atom. The van der Waals surface area contributed by atoms with E-state index in [2.05, 4.69) is 5.92 Å². The number of esters is 2. The molecule has 0 radical (unpaired) electrons.